The first kappa shape index (κ1) is 14.3. The summed E-state index contributed by atoms with van der Waals surface area (Å²) in [5.74, 6) is -2.62. The molecule has 1 aliphatic carbocycles. The highest BCUT2D eigenvalue weighted by atomic mass is 32.1. The number of hydrogen-bond donors (Lipinski definition) is 2. The van der Waals surface area contributed by atoms with Crippen LogP contribution in [0.4, 0.5) is 0 Å². The van der Waals surface area contributed by atoms with E-state index in [2.05, 4.69) is 24.3 Å². The van der Waals surface area contributed by atoms with E-state index < -0.39 is 18.4 Å². The highest BCUT2D eigenvalue weighted by Gasteiger charge is 2.01. The summed E-state index contributed by atoms with van der Waals surface area (Å²) in [6.45, 7) is 0. The molecule has 5 heteroatoms. The Labute approximate surface area is 83.0 Å². The Balaban J connectivity index is 0. The van der Waals surface area contributed by atoms with Gasteiger partial charge in [-0.2, -0.15) is 13.5 Å². The Morgan fingerprint density at radius 3 is 1.54 bits per heavy atom. The van der Waals surface area contributed by atoms with E-state index in [4.69, 9.17) is 10.2 Å². The van der Waals surface area contributed by atoms with E-state index in [1.54, 1.807) is 0 Å². The van der Waals surface area contributed by atoms with E-state index >= 15 is 0 Å². The molecule has 0 aliphatic heterocycles. The molecular weight excluding hydrogens is 192 g/mol. The lowest BCUT2D eigenvalue weighted by Gasteiger charge is -1.80. The van der Waals surface area contributed by atoms with Crippen molar-refractivity contribution >= 4 is 25.4 Å². The van der Waals surface area contributed by atoms with Crippen LogP contribution in [0.1, 0.15) is 12.8 Å². The lowest BCUT2D eigenvalue weighted by Crippen LogP contribution is -2.03. The van der Waals surface area contributed by atoms with E-state index in [-0.39, 0.29) is 13.5 Å². The van der Waals surface area contributed by atoms with Crippen LogP contribution in [0.15, 0.2) is 24.3 Å². The molecule has 0 saturated heterocycles. The molecule has 0 aromatic heterocycles. The molecule has 1 aliphatic rings. The van der Waals surface area contributed by atoms with Crippen molar-refractivity contribution in [2.24, 2.45) is 0 Å². The second-order valence-corrected chi connectivity index (χ2v) is 2.06. The maximum atomic E-state index is 9.43. The van der Waals surface area contributed by atoms with Gasteiger partial charge >= 0.3 is 11.9 Å². The maximum Gasteiger partial charge on any atom is 0.314 e. The molecule has 0 fully saturated rings. The Hall–Kier alpha value is -1.23. The van der Waals surface area contributed by atoms with Gasteiger partial charge in [0, 0.05) is 0 Å². The topological polar surface area (TPSA) is 74.6 Å². The quantitative estimate of drug-likeness (QED) is 0.662. The Kier molecular flexibility index (Phi) is 9.75. The molecule has 0 heterocycles. The number of allylic oxidation sites excluding steroid dienone is 4. The molecule has 4 nitrogen and oxygen atoms in total. The molecule has 0 aromatic carbocycles. The lowest BCUT2D eigenvalue weighted by atomic mass is 10.5. The standard InChI is InChI=1S/C5H6.C3H4O4.H2S/c1-2-4-5-3-1;4-2(5)1-3(6)7;/h1-4H,5H2;1H2,(H,4,5)(H,6,7);1H2. The first-order chi connectivity index (χ1) is 5.63. The van der Waals surface area contributed by atoms with Crippen molar-refractivity contribution in [3.8, 4) is 0 Å². The number of aliphatic carboxylic acids is 2. The Morgan fingerprint density at radius 2 is 1.46 bits per heavy atom. The van der Waals surface area contributed by atoms with Gasteiger partial charge in [0.05, 0.1) is 0 Å². The van der Waals surface area contributed by atoms with Crippen LogP contribution in [0.5, 0.6) is 0 Å². The molecule has 2 N–H and O–H groups in total. The van der Waals surface area contributed by atoms with Crippen molar-refractivity contribution in [1.29, 1.82) is 0 Å². The lowest BCUT2D eigenvalue weighted by molar-refractivity contribution is -0.147. The molecule has 0 aromatic rings. The molecular formula is C8H12O4S. The zero-order valence-corrected chi connectivity index (χ0v) is 7.93. The van der Waals surface area contributed by atoms with Crippen molar-refractivity contribution in [2.45, 2.75) is 12.8 Å². The summed E-state index contributed by atoms with van der Waals surface area (Å²) in [7, 11) is 0. The molecule has 0 spiro atoms. The predicted molar refractivity (Wildman–Crippen MR) is 53.2 cm³/mol. The van der Waals surface area contributed by atoms with Crippen molar-refractivity contribution in [3.63, 3.8) is 0 Å². The summed E-state index contributed by atoms with van der Waals surface area (Å²) in [6.07, 6.45) is 8.69. The van der Waals surface area contributed by atoms with Crippen LogP contribution in [0.25, 0.3) is 0 Å². The predicted octanol–water partition coefficient (Wildman–Crippen LogP) is 1.16. The first-order valence-corrected chi connectivity index (χ1v) is 3.38. The van der Waals surface area contributed by atoms with Gasteiger partial charge < -0.3 is 10.2 Å². The second kappa shape index (κ2) is 8.86. The van der Waals surface area contributed by atoms with Crippen molar-refractivity contribution in [1.82, 2.24) is 0 Å². The minimum atomic E-state index is -1.31. The van der Waals surface area contributed by atoms with E-state index in [0.717, 1.165) is 6.42 Å². The molecule has 74 valence electrons. The third kappa shape index (κ3) is 13.7. The summed E-state index contributed by atoms with van der Waals surface area (Å²) < 4.78 is 0. The normalized spacial score (nSPS) is 11.1. The summed E-state index contributed by atoms with van der Waals surface area (Å²) in [5.41, 5.74) is 0. The Morgan fingerprint density at radius 1 is 1.08 bits per heavy atom. The van der Waals surface area contributed by atoms with Crippen LogP contribution >= 0.6 is 13.5 Å². The number of carboxylic acid groups (broad SMARTS) is 2. The van der Waals surface area contributed by atoms with E-state index in [9.17, 15) is 9.59 Å². The number of hydrogen-bond acceptors (Lipinski definition) is 2. The van der Waals surface area contributed by atoms with E-state index in [1.807, 2.05) is 0 Å². The highest BCUT2D eigenvalue weighted by molar-refractivity contribution is 7.59. The average molecular weight is 204 g/mol. The van der Waals surface area contributed by atoms with Gasteiger partial charge in [0.25, 0.3) is 0 Å². The largest absolute Gasteiger partial charge is 0.481 e. The van der Waals surface area contributed by atoms with Gasteiger partial charge in [-0.3, -0.25) is 9.59 Å². The molecule has 0 amide bonds. The number of rotatable bonds is 2. The molecule has 13 heavy (non-hydrogen) atoms. The van der Waals surface area contributed by atoms with E-state index in [1.165, 1.54) is 0 Å². The van der Waals surface area contributed by atoms with Crippen LogP contribution in [0, 0.1) is 0 Å². The number of carboxylic acids is 2. The third-order valence-electron chi connectivity index (χ3n) is 0.958. The fraction of sp³-hybridized carbons (Fsp3) is 0.250. The van der Waals surface area contributed by atoms with Crippen LogP contribution in [0.3, 0.4) is 0 Å². The summed E-state index contributed by atoms with van der Waals surface area (Å²) in [5, 5.41) is 15.4. The molecule has 0 bridgehead atoms. The van der Waals surface area contributed by atoms with E-state index in [0.29, 0.717) is 0 Å². The molecule has 1 rings (SSSR count). The SMILES string of the molecule is C1=CCC=C1.O=C(O)CC(=O)O.S. The highest BCUT2D eigenvalue weighted by Crippen LogP contribution is 1.93. The summed E-state index contributed by atoms with van der Waals surface area (Å²) in [6, 6.07) is 0. The van der Waals surface area contributed by atoms with Crippen LogP contribution < -0.4 is 0 Å². The van der Waals surface area contributed by atoms with Gasteiger partial charge in [-0.15, -0.1) is 0 Å². The summed E-state index contributed by atoms with van der Waals surface area (Å²) in [4.78, 5) is 18.9. The first-order valence-electron chi connectivity index (χ1n) is 3.38. The minimum absolute atomic E-state index is 0. The van der Waals surface area contributed by atoms with Crippen molar-refractivity contribution < 1.29 is 19.8 Å². The van der Waals surface area contributed by atoms with Gasteiger partial charge in [0.2, 0.25) is 0 Å². The number of carbonyl (C=O) groups is 2. The monoisotopic (exact) mass is 204 g/mol. The van der Waals surface area contributed by atoms with Gasteiger partial charge in [-0.25, -0.2) is 0 Å². The zero-order valence-electron chi connectivity index (χ0n) is 6.93. The molecule has 0 unspecified atom stereocenters. The molecule has 0 atom stereocenters. The van der Waals surface area contributed by atoms with Crippen molar-refractivity contribution in [2.75, 3.05) is 0 Å². The maximum absolute atomic E-state index is 9.43. The van der Waals surface area contributed by atoms with Crippen LogP contribution in [-0.2, 0) is 9.59 Å². The van der Waals surface area contributed by atoms with Crippen LogP contribution in [0.2, 0.25) is 0 Å². The van der Waals surface area contributed by atoms with Crippen LogP contribution in [-0.4, -0.2) is 22.2 Å². The average Bonchev–Trinajstić information content (AvgIpc) is 2.36. The molecule has 0 radical (unpaired) electrons. The van der Waals surface area contributed by atoms with Gasteiger partial charge in [0.15, 0.2) is 0 Å². The fourth-order valence-corrected chi connectivity index (χ4v) is 0.522. The van der Waals surface area contributed by atoms with Gasteiger partial charge in [-0.05, 0) is 6.42 Å². The third-order valence-corrected chi connectivity index (χ3v) is 0.958. The minimum Gasteiger partial charge on any atom is -0.481 e. The Bertz CT molecular complexity index is 198. The smallest absolute Gasteiger partial charge is 0.314 e. The molecule has 0 saturated carbocycles. The second-order valence-electron chi connectivity index (χ2n) is 2.06. The fourth-order valence-electron chi connectivity index (χ4n) is 0.522. The van der Waals surface area contributed by atoms with Gasteiger partial charge in [-0.1, -0.05) is 24.3 Å². The zero-order chi connectivity index (χ0) is 9.40. The van der Waals surface area contributed by atoms with Crippen molar-refractivity contribution in [3.05, 3.63) is 24.3 Å². The summed E-state index contributed by atoms with van der Waals surface area (Å²) >= 11 is 0. The van der Waals surface area contributed by atoms with Gasteiger partial charge in [0.1, 0.15) is 6.42 Å².